The van der Waals surface area contributed by atoms with Gasteiger partial charge >= 0.3 is 0 Å². The lowest BCUT2D eigenvalue weighted by molar-refractivity contribution is -0.262. The van der Waals surface area contributed by atoms with Gasteiger partial charge in [-0.2, -0.15) is 0 Å². The molecule has 188 valence electrons. The predicted octanol–water partition coefficient (Wildman–Crippen LogP) is -3.72. The van der Waals surface area contributed by atoms with Crippen molar-refractivity contribution in [2.24, 2.45) is 0 Å². The first-order chi connectivity index (χ1) is 13.6. The minimum Gasteiger partial charge on any atom is -0.394 e. The Morgan fingerprint density at radius 1 is 0.935 bits per heavy atom. The number of aliphatic hydroxyl groups excluding tert-OH is 7. The maximum absolute atomic E-state index is 10.9. The summed E-state index contributed by atoms with van der Waals surface area (Å²) in [5.41, 5.74) is 0. The van der Waals surface area contributed by atoms with Gasteiger partial charge in [0.15, 0.2) is 12.6 Å². The molecule has 0 aromatic carbocycles. The van der Waals surface area contributed by atoms with Crippen molar-refractivity contribution < 1.29 is 59.5 Å². The second kappa shape index (κ2) is 15.0. The normalized spacial score (nSPS) is 38.1. The van der Waals surface area contributed by atoms with Crippen LogP contribution in [0.5, 0.6) is 0 Å². The summed E-state index contributed by atoms with van der Waals surface area (Å²) in [4.78, 5) is 10.9. The quantitative estimate of drug-likeness (QED) is 0.192. The fraction of sp³-hybridized carbons (Fsp3) is 0.944. The van der Waals surface area contributed by atoms with Crippen LogP contribution in [0, 0.1) is 0 Å². The Bertz CT molecular complexity index is 496. The Hall–Kier alpha value is -0.970. The zero-order chi connectivity index (χ0) is 22.3. The van der Waals surface area contributed by atoms with Crippen molar-refractivity contribution in [2.75, 3.05) is 27.4 Å². The summed E-state index contributed by atoms with van der Waals surface area (Å²) in [5.74, 6) is -0.371. The summed E-state index contributed by atoms with van der Waals surface area (Å²) >= 11 is 0. The number of hydrogen-bond donors (Lipinski definition) is 8. The lowest BCUT2D eigenvalue weighted by atomic mass is 9.97. The van der Waals surface area contributed by atoms with Gasteiger partial charge in [-0.15, -0.1) is 0 Å². The standard InChI is InChI=1S/C9H17NO6.C7H14O6.2CH4/c1-4(12)10-6-8(14)7(13)5(3-11)16-9(6)15-2;1-12-7-5(11)4(10)6(13-7)3(9)2-8;;/h5-9,11,13-14H,3H2,1-2H3,(H,10,12);3-11H,2H2,1H3;2*1H4. The summed E-state index contributed by atoms with van der Waals surface area (Å²) in [6.45, 7) is 0.305. The number of nitrogens with one attached hydrogen (secondary N) is 1. The number of amides is 1. The number of ether oxygens (including phenoxy) is 4. The van der Waals surface area contributed by atoms with Crippen molar-refractivity contribution in [3.8, 4) is 0 Å². The molecule has 0 aromatic rings. The van der Waals surface area contributed by atoms with Crippen LogP contribution in [0.2, 0.25) is 0 Å². The summed E-state index contributed by atoms with van der Waals surface area (Å²) in [5, 5.41) is 67.1. The highest BCUT2D eigenvalue weighted by molar-refractivity contribution is 5.73. The van der Waals surface area contributed by atoms with Gasteiger partial charge in [0.1, 0.15) is 48.8 Å². The average Bonchev–Trinajstić information content (AvgIpc) is 2.99. The van der Waals surface area contributed by atoms with Crippen LogP contribution in [-0.2, 0) is 23.7 Å². The zero-order valence-electron chi connectivity index (χ0n) is 16.4. The van der Waals surface area contributed by atoms with Gasteiger partial charge in [-0.3, -0.25) is 4.79 Å². The highest BCUT2D eigenvalue weighted by Gasteiger charge is 2.46. The largest absolute Gasteiger partial charge is 0.394 e. The third kappa shape index (κ3) is 8.14. The van der Waals surface area contributed by atoms with Crippen LogP contribution in [0.3, 0.4) is 0 Å². The molecular formula is C18H39NO12. The number of carbonyl (C=O) groups excluding carboxylic acids is 1. The number of methoxy groups -OCH3 is 2. The van der Waals surface area contributed by atoms with E-state index >= 15 is 0 Å². The SMILES string of the molecule is C.C.COC1OC(C(O)CO)C(O)C1O.COC1OC(CO)C(O)C(O)C1NC(C)=O. The van der Waals surface area contributed by atoms with Crippen molar-refractivity contribution in [3.63, 3.8) is 0 Å². The molecule has 0 spiro atoms. The minimum atomic E-state index is -1.27. The minimum absolute atomic E-state index is 0. The summed E-state index contributed by atoms with van der Waals surface area (Å²) in [6, 6.07) is -0.861. The molecule has 0 aromatic heterocycles. The first-order valence-corrected chi connectivity index (χ1v) is 8.88. The lowest BCUT2D eigenvalue weighted by Gasteiger charge is -2.41. The molecule has 8 N–H and O–H groups in total. The van der Waals surface area contributed by atoms with E-state index in [1.165, 1.54) is 21.1 Å². The van der Waals surface area contributed by atoms with Gasteiger partial charge in [-0.05, 0) is 0 Å². The average molecular weight is 462 g/mol. The molecule has 2 fully saturated rings. The molecule has 0 saturated carbocycles. The van der Waals surface area contributed by atoms with E-state index in [-0.39, 0.29) is 20.8 Å². The molecule has 0 bridgehead atoms. The molecular weight excluding hydrogens is 422 g/mol. The molecule has 0 aliphatic carbocycles. The number of aliphatic hydroxyl groups is 7. The van der Waals surface area contributed by atoms with Crippen LogP contribution < -0.4 is 5.32 Å². The molecule has 1 amide bonds. The van der Waals surface area contributed by atoms with Gasteiger partial charge in [-0.25, -0.2) is 0 Å². The van der Waals surface area contributed by atoms with E-state index in [0.29, 0.717) is 0 Å². The van der Waals surface area contributed by atoms with Crippen LogP contribution in [0.1, 0.15) is 21.8 Å². The second-order valence-corrected chi connectivity index (χ2v) is 6.60. The number of rotatable bonds is 6. The Balaban J connectivity index is 0. The van der Waals surface area contributed by atoms with E-state index in [1.807, 2.05) is 0 Å². The maximum Gasteiger partial charge on any atom is 0.217 e. The van der Waals surface area contributed by atoms with E-state index < -0.39 is 74.6 Å². The van der Waals surface area contributed by atoms with E-state index in [2.05, 4.69) is 5.32 Å². The van der Waals surface area contributed by atoms with Crippen LogP contribution in [0.15, 0.2) is 0 Å². The van der Waals surface area contributed by atoms with E-state index in [9.17, 15) is 25.2 Å². The van der Waals surface area contributed by atoms with Crippen molar-refractivity contribution in [1.29, 1.82) is 0 Å². The molecule has 10 unspecified atom stereocenters. The summed E-state index contributed by atoms with van der Waals surface area (Å²) in [7, 11) is 2.66. The second-order valence-electron chi connectivity index (χ2n) is 6.60. The summed E-state index contributed by atoms with van der Waals surface area (Å²) in [6.07, 6.45) is -9.98. The monoisotopic (exact) mass is 461 g/mol. The molecule has 10 atom stereocenters. The van der Waals surface area contributed by atoms with E-state index in [1.54, 1.807) is 0 Å². The van der Waals surface area contributed by atoms with Gasteiger partial charge in [-0.1, -0.05) is 14.9 Å². The maximum atomic E-state index is 10.9. The van der Waals surface area contributed by atoms with Gasteiger partial charge in [0.05, 0.1) is 13.2 Å². The lowest BCUT2D eigenvalue weighted by Crippen LogP contribution is -2.64. The molecule has 2 saturated heterocycles. The fourth-order valence-corrected chi connectivity index (χ4v) is 2.96. The third-order valence-electron chi connectivity index (χ3n) is 4.54. The van der Waals surface area contributed by atoms with Crippen molar-refractivity contribution >= 4 is 5.91 Å². The highest BCUT2D eigenvalue weighted by Crippen LogP contribution is 2.24. The molecule has 2 aliphatic rings. The molecule has 31 heavy (non-hydrogen) atoms. The van der Waals surface area contributed by atoms with E-state index in [0.717, 1.165) is 0 Å². The Morgan fingerprint density at radius 3 is 1.87 bits per heavy atom. The van der Waals surface area contributed by atoms with Crippen LogP contribution in [0.25, 0.3) is 0 Å². The molecule has 0 radical (unpaired) electrons. The van der Waals surface area contributed by atoms with Gasteiger partial charge in [0.2, 0.25) is 5.91 Å². The molecule has 13 nitrogen and oxygen atoms in total. The Labute approximate surface area is 182 Å². The smallest absolute Gasteiger partial charge is 0.217 e. The van der Waals surface area contributed by atoms with Crippen molar-refractivity contribution in [3.05, 3.63) is 0 Å². The molecule has 13 heteroatoms. The van der Waals surface area contributed by atoms with Crippen molar-refractivity contribution in [2.45, 2.75) is 83.1 Å². The van der Waals surface area contributed by atoms with Gasteiger partial charge < -0.3 is 60.0 Å². The summed E-state index contributed by atoms with van der Waals surface area (Å²) < 4.78 is 19.8. The Kier molecular flexibility index (Phi) is 15.6. The zero-order valence-corrected chi connectivity index (χ0v) is 16.4. The molecule has 2 aliphatic heterocycles. The van der Waals surface area contributed by atoms with Crippen LogP contribution >= 0.6 is 0 Å². The van der Waals surface area contributed by atoms with Gasteiger partial charge in [0, 0.05) is 21.1 Å². The topological polar surface area (TPSA) is 208 Å². The van der Waals surface area contributed by atoms with Crippen molar-refractivity contribution in [1.82, 2.24) is 5.32 Å². The Morgan fingerprint density at radius 2 is 1.48 bits per heavy atom. The fourth-order valence-electron chi connectivity index (χ4n) is 2.96. The molecule has 2 heterocycles. The van der Waals surface area contributed by atoms with Crippen LogP contribution in [0.4, 0.5) is 0 Å². The van der Waals surface area contributed by atoms with Gasteiger partial charge in [0.25, 0.3) is 0 Å². The number of hydrogen-bond acceptors (Lipinski definition) is 12. The third-order valence-corrected chi connectivity index (χ3v) is 4.54. The predicted molar refractivity (Wildman–Crippen MR) is 107 cm³/mol. The highest BCUT2D eigenvalue weighted by atomic mass is 16.7. The first-order valence-electron chi connectivity index (χ1n) is 8.88. The van der Waals surface area contributed by atoms with Crippen LogP contribution in [-0.4, -0.2) is 130 Å². The number of carbonyl (C=O) groups is 1. The molecule has 2 rings (SSSR count). The van der Waals surface area contributed by atoms with E-state index in [4.69, 9.17) is 34.3 Å². The first kappa shape index (κ1) is 32.2.